The third-order valence-corrected chi connectivity index (χ3v) is 2.49. The molecule has 17 heavy (non-hydrogen) atoms. The van der Waals surface area contributed by atoms with Crippen molar-refractivity contribution in [3.8, 4) is 0 Å². The number of carbonyl (C=O) groups excluding carboxylic acids is 1. The van der Waals surface area contributed by atoms with Crippen LogP contribution >= 0.6 is 0 Å². The summed E-state index contributed by atoms with van der Waals surface area (Å²) >= 11 is 0. The third kappa shape index (κ3) is 2.93. The molecule has 0 aliphatic heterocycles. The number of aromatic nitrogens is 1. The Kier molecular flexibility index (Phi) is 4.03. The molecule has 1 aromatic heterocycles. The Morgan fingerprint density at radius 1 is 1.53 bits per heavy atom. The zero-order valence-corrected chi connectivity index (χ0v) is 9.75. The summed E-state index contributed by atoms with van der Waals surface area (Å²) < 4.78 is 0. The lowest BCUT2D eigenvalue weighted by Crippen LogP contribution is -2.38. The van der Waals surface area contributed by atoms with Gasteiger partial charge >= 0.3 is 5.97 Å². The van der Waals surface area contributed by atoms with Crippen LogP contribution in [-0.2, 0) is 4.79 Å². The summed E-state index contributed by atoms with van der Waals surface area (Å²) in [6.07, 6.45) is 0.439. The van der Waals surface area contributed by atoms with Crippen LogP contribution in [0.15, 0.2) is 18.2 Å². The van der Waals surface area contributed by atoms with Crippen molar-refractivity contribution in [1.29, 1.82) is 0 Å². The molecule has 6 nitrogen and oxygen atoms in total. The van der Waals surface area contributed by atoms with Gasteiger partial charge in [0.1, 0.15) is 17.6 Å². The molecule has 0 fully saturated rings. The van der Waals surface area contributed by atoms with Crippen molar-refractivity contribution in [1.82, 2.24) is 4.98 Å². The monoisotopic (exact) mass is 237 g/mol. The Hall–Kier alpha value is -2.11. The average molecular weight is 237 g/mol. The first-order valence-corrected chi connectivity index (χ1v) is 5.19. The summed E-state index contributed by atoms with van der Waals surface area (Å²) in [5, 5.41) is 9.02. The van der Waals surface area contributed by atoms with Crippen LogP contribution in [0.1, 0.15) is 23.8 Å². The maximum Gasteiger partial charge on any atom is 0.326 e. The Bertz CT molecular complexity index is 434. The molecule has 0 aliphatic carbocycles. The van der Waals surface area contributed by atoms with Gasteiger partial charge in [0.05, 0.1) is 0 Å². The second-order valence-corrected chi connectivity index (χ2v) is 3.62. The van der Waals surface area contributed by atoms with E-state index in [1.54, 1.807) is 26.1 Å². The van der Waals surface area contributed by atoms with Gasteiger partial charge in [-0.15, -0.1) is 0 Å². The first-order chi connectivity index (χ1) is 7.97. The molecular weight excluding hydrogens is 222 g/mol. The fourth-order valence-corrected chi connectivity index (χ4v) is 1.53. The number of hydrogen-bond acceptors (Lipinski definition) is 4. The van der Waals surface area contributed by atoms with Crippen molar-refractivity contribution in [3.63, 3.8) is 0 Å². The lowest BCUT2D eigenvalue weighted by atomic mass is 10.2. The minimum atomic E-state index is -0.929. The van der Waals surface area contributed by atoms with Crippen LogP contribution < -0.4 is 10.6 Å². The molecule has 1 heterocycles. The number of carboxylic acid groups (broad SMARTS) is 1. The molecule has 1 rings (SSSR count). The highest BCUT2D eigenvalue weighted by atomic mass is 16.4. The van der Waals surface area contributed by atoms with Gasteiger partial charge in [0.2, 0.25) is 0 Å². The van der Waals surface area contributed by atoms with Gasteiger partial charge < -0.3 is 15.7 Å². The molecule has 1 amide bonds. The highest BCUT2D eigenvalue weighted by molar-refractivity contribution is 5.91. The van der Waals surface area contributed by atoms with E-state index < -0.39 is 17.9 Å². The van der Waals surface area contributed by atoms with Crippen molar-refractivity contribution in [2.45, 2.75) is 19.4 Å². The number of carboxylic acids is 1. The van der Waals surface area contributed by atoms with Crippen LogP contribution in [0.25, 0.3) is 0 Å². The summed E-state index contributed by atoms with van der Waals surface area (Å²) in [5.74, 6) is -1.15. The minimum absolute atomic E-state index is 0.120. The molecule has 0 saturated carbocycles. The number of aliphatic carboxylic acids is 1. The molecule has 0 spiro atoms. The van der Waals surface area contributed by atoms with Crippen LogP contribution in [-0.4, -0.2) is 35.1 Å². The number of primary amides is 1. The molecule has 3 N–H and O–H groups in total. The van der Waals surface area contributed by atoms with E-state index >= 15 is 0 Å². The number of pyridine rings is 1. The maximum atomic E-state index is 11.0. The van der Waals surface area contributed by atoms with Crippen LogP contribution in [0.5, 0.6) is 0 Å². The van der Waals surface area contributed by atoms with E-state index in [-0.39, 0.29) is 5.69 Å². The van der Waals surface area contributed by atoms with Crippen LogP contribution in [0.3, 0.4) is 0 Å². The molecule has 0 bridgehead atoms. The first kappa shape index (κ1) is 13.0. The second kappa shape index (κ2) is 5.29. The number of nitrogens with zero attached hydrogens (tertiary/aromatic N) is 2. The lowest BCUT2D eigenvalue weighted by molar-refractivity contribution is -0.138. The number of anilines is 1. The fraction of sp³-hybridized carbons (Fsp3) is 0.364. The predicted molar refractivity (Wildman–Crippen MR) is 62.9 cm³/mol. The van der Waals surface area contributed by atoms with E-state index in [4.69, 9.17) is 10.8 Å². The molecule has 1 aromatic rings. The Balaban J connectivity index is 3.02. The molecular formula is C11H15N3O3. The van der Waals surface area contributed by atoms with E-state index in [1.807, 2.05) is 0 Å². The van der Waals surface area contributed by atoms with E-state index in [0.29, 0.717) is 12.2 Å². The van der Waals surface area contributed by atoms with Crippen LogP contribution in [0.2, 0.25) is 0 Å². The smallest absolute Gasteiger partial charge is 0.326 e. The van der Waals surface area contributed by atoms with Crippen molar-refractivity contribution >= 4 is 17.7 Å². The van der Waals surface area contributed by atoms with E-state index in [1.165, 1.54) is 11.0 Å². The van der Waals surface area contributed by atoms with Crippen molar-refractivity contribution in [2.24, 2.45) is 5.73 Å². The molecule has 0 aliphatic rings. The standard InChI is InChI=1S/C11H15N3O3/c1-3-8(11(16)17)14(2)9-6-4-5-7(13-9)10(12)15/h4-6,8H,3H2,1-2H3,(H2,12,15)(H,16,17). The number of hydrogen-bond donors (Lipinski definition) is 2. The zero-order valence-electron chi connectivity index (χ0n) is 9.75. The molecule has 0 saturated heterocycles. The Morgan fingerprint density at radius 3 is 2.65 bits per heavy atom. The molecule has 1 unspecified atom stereocenters. The van der Waals surface area contributed by atoms with Crippen LogP contribution in [0, 0.1) is 0 Å². The Morgan fingerprint density at radius 2 is 2.18 bits per heavy atom. The van der Waals surface area contributed by atoms with Crippen LogP contribution in [0.4, 0.5) is 5.82 Å². The van der Waals surface area contributed by atoms with Gasteiger partial charge in [0.15, 0.2) is 0 Å². The average Bonchev–Trinajstić information content (AvgIpc) is 2.29. The predicted octanol–water partition coefficient (Wildman–Crippen LogP) is 0.480. The molecule has 0 radical (unpaired) electrons. The molecule has 92 valence electrons. The minimum Gasteiger partial charge on any atom is -0.480 e. The lowest BCUT2D eigenvalue weighted by Gasteiger charge is -2.24. The van der Waals surface area contributed by atoms with Gasteiger partial charge in [0.25, 0.3) is 5.91 Å². The summed E-state index contributed by atoms with van der Waals surface area (Å²) in [6, 6.07) is 4.07. The molecule has 6 heteroatoms. The fourth-order valence-electron chi connectivity index (χ4n) is 1.53. The largest absolute Gasteiger partial charge is 0.480 e. The van der Waals surface area contributed by atoms with Gasteiger partial charge in [-0.3, -0.25) is 4.79 Å². The quantitative estimate of drug-likeness (QED) is 0.776. The summed E-state index contributed by atoms with van der Waals surface area (Å²) in [5.41, 5.74) is 5.23. The normalized spacial score (nSPS) is 11.9. The maximum absolute atomic E-state index is 11.0. The number of likely N-dealkylation sites (N-methyl/N-ethyl adjacent to an activating group) is 1. The van der Waals surface area contributed by atoms with Gasteiger partial charge in [0, 0.05) is 7.05 Å². The first-order valence-electron chi connectivity index (χ1n) is 5.19. The van der Waals surface area contributed by atoms with Crippen molar-refractivity contribution < 1.29 is 14.7 Å². The summed E-state index contributed by atoms with van der Waals surface area (Å²) in [7, 11) is 1.62. The second-order valence-electron chi connectivity index (χ2n) is 3.62. The van der Waals surface area contributed by atoms with Crippen molar-refractivity contribution in [3.05, 3.63) is 23.9 Å². The highest BCUT2D eigenvalue weighted by Gasteiger charge is 2.21. The summed E-state index contributed by atoms with van der Waals surface area (Å²) in [6.45, 7) is 1.77. The molecule has 1 atom stereocenters. The highest BCUT2D eigenvalue weighted by Crippen LogP contribution is 2.14. The third-order valence-electron chi connectivity index (χ3n) is 2.49. The topological polar surface area (TPSA) is 96.5 Å². The van der Waals surface area contributed by atoms with Gasteiger partial charge in [-0.25, -0.2) is 9.78 Å². The van der Waals surface area contributed by atoms with Crippen molar-refractivity contribution in [2.75, 3.05) is 11.9 Å². The summed E-state index contributed by atoms with van der Waals surface area (Å²) in [4.78, 5) is 27.5. The SMILES string of the molecule is CCC(C(=O)O)N(C)c1cccc(C(N)=O)n1. The van der Waals surface area contributed by atoms with E-state index in [9.17, 15) is 9.59 Å². The van der Waals surface area contributed by atoms with E-state index in [0.717, 1.165) is 0 Å². The number of carbonyl (C=O) groups is 2. The Labute approximate surface area is 99.1 Å². The van der Waals surface area contributed by atoms with Gasteiger partial charge in [-0.1, -0.05) is 13.0 Å². The zero-order chi connectivity index (χ0) is 13.0. The van der Waals surface area contributed by atoms with Gasteiger partial charge in [-0.05, 0) is 18.6 Å². The van der Waals surface area contributed by atoms with E-state index in [2.05, 4.69) is 4.98 Å². The molecule has 0 aromatic carbocycles. The number of rotatable bonds is 5. The number of nitrogens with two attached hydrogens (primary N) is 1. The van der Waals surface area contributed by atoms with Gasteiger partial charge in [-0.2, -0.15) is 0 Å². The number of amides is 1.